The zero-order chi connectivity index (χ0) is 14.8. The lowest BCUT2D eigenvalue weighted by Crippen LogP contribution is -2.24. The zero-order valence-electron chi connectivity index (χ0n) is 12.9. The van der Waals surface area contributed by atoms with Crippen LogP contribution in [0.4, 0.5) is 0 Å². The predicted molar refractivity (Wildman–Crippen MR) is 77.2 cm³/mol. The average molecular weight is 284 g/mol. The minimum Gasteiger partial charge on any atom is -0.466 e. The van der Waals surface area contributed by atoms with Crippen molar-refractivity contribution in [2.45, 2.75) is 77.7 Å². The molecule has 4 heteroatoms. The van der Waals surface area contributed by atoms with Crippen molar-refractivity contribution in [2.24, 2.45) is 5.92 Å². The Morgan fingerprint density at radius 2 is 1.70 bits per heavy atom. The van der Waals surface area contributed by atoms with Gasteiger partial charge in [-0.05, 0) is 50.9 Å². The lowest BCUT2D eigenvalue weighted by atomic mass is 9.96. The maximum Gasteiger partial charge on any atom is 0.306 e. The molecule has 1 saturated carbocycles. The monoisotopic (exact) mass is 284 g/mol. The Hall–Kier alpha value is -1.06. The third kappa shape index (κ3) is 8.18. The second kappa shape index (κ2) is 9.78. The molecule has 1 aliphatic rings. The van der Waals surface area contributed by atoms with Gasteiger partial charge in [0.2, 0.25) is 0 Å². The van der Waals surface area contributed by atoms with E-state index in [2.05, 4.69) is 13.8 Å². The van der Waals surface area contributed by atoms with E-state index < -0.39 is 0 Å². The topological polar surface area (TPSA) is 52.6 Å². The molecule has 0 aromatic carbocycles. The first-order chi connectivity index (χ1) is 9.58. The fourth-order valence-electron chi connectivity index (χ4n) is 2.02. The molecule has 4 nitrogen and oxygen atoms in total. The maximum absolute atomic E-state index is 11.4. The molecule has 0 N–H and O–H groups in total. The molecule has 0 unspecified atom stereocenters. The van der Waals surface area contributed by atoms with Crippen molar-refractivity contribution in [1.29, 1.82) is 0 Å². The maximum atomic E-state index is 11.4. The third-order valence-corrected chi connectivity index (χ3v) is 3.55. The lowest BCUT2D eigenvalue weighted by Gasteiger charge is -2.25. The predicted octanol–water partition coefficient (Wildman–Crippen LogP) is 3.62. The van der Waals surface area contributed by atoms with Gasteiger partial charge in [0.25, 0.3) is 0 Å². The summed E-state index contributed by atoms with van der Waals surface area (Å²) in [5.41, 5.74) is 0. The fourth-order valence-corrected chi connectivity index (χ4v) is 2.02. The van der Waals surface area contributed by atoms with E-state index in [-0.39, 0.29) is 18.0 Å². The number of ether oxygens (including phenoxy) is 2. The van der Waals surface area contributed by atoms with Crippen LogP contribution < -0.4 is 0 Å². The molecule has 0 spiro atoms. The highest BCUT2D eigenvalue weighted by molar-refractivity contribution is 5.70. The molecule has 116 valence electrons. The summed E-state index contributed by atoms with van der Waals surface area (Å²) in [6, 6.07) is 0. The van der Waals surface area contributed by atoms with Crippen LogP contribution in [-0.2, 0) is 19.1 Å². The summed E-state index contributed by atoms with van der Waals surface area (Å²) in [6.45, 7) is 4.83. The molecule has 0 bridgehead atoms. The van der Waals surface area contributed by atoms with Gasteiger partial charge >= 0.3 is 11.9 Å². The summed E-state index contributed by atoms with van der Waals surface area (Å²) >= 11 is 0. The highest BCUT2D eigenvalue weighted by Crippen LogP contribution is 2.22. The largest absolute Gasteiger partial charge is 0.466 e. The first kappa shape index (κ1) is 17.0. The SMILES string of the molecule is CC(C)CCCOC(=O)CCCCC(=O)OC1CCC1. The normalized spacial score (nSPS) is 14.9. The molecule has 0 aromatic heterocycles. The molecule has 0 saturated heterocycles. The molecular weight excluding hydrogens is 256 g/mol. The molecule has 1 rings (SSSR count). The molecule has 0 aliphatic heterocycles. The van der Waals surface area contributed by atoms with Gasteiger partial charge in [-0.25, -0.2) is 0 Å². The van der Waals surface area contributed by atoms with Crippen molar-refractivity contribution >= 4 is 11.9 Å². The molecule has 1 fully saturated rings. The van der Waals surface area contributed by atoms with Crippen LogP contribution in [0.2, 0.25) is 0 Å². The van der Waals surface area contributed by atoms with Gasteiger partial charge in [-0.1, -0.05) is 13.8 Å². The van der Waals surface area contributed by atoms with Gasteiger partial charge < -0.3 is 9.47 Å². The zero-order valence-corrected chi connectivity index (χ0v) is 12.9. The minimum absolute atomic E-state index is 0.125. The standard InChI is InChI=1S/C16H28O4/c1-13(2)7-6-12-19-15(17)10-3-4-11-16(18)20-14-8-5-9-14/h13-14H,3-12H2,1-2H3. The van der Waals surface area contributed by atoms with Crippen molar-refractivity contribution in [3.63, 3.8) is 0 Å². The van der Waals surface area contributed by atoms with Gasteiger partial charge in [0.05, 0.1) is 6.61 Å². The van der Waals surface area contributed by atoms with Gasteiger partial charge in [-0.3, -0.25) is 9.59 Å². The van der Waals surface area contributed by atoms with E-state index in [0.717, 1.165) is 25.7 Å². The van der Waals surface area contributed by atoms with Crippen LogP contribution in [0.3, 0.4) is 0 Å². The Labute approximate surface area is 122 Å². The Morgan fingerprint density at radius 3 is 2.25 bits per heavy atom. The van der Waals surface area contributed by atoms with Crippen molar-refractivity contribution in [3.05, 3.63) is 0 Å². The highest BCUT2D eigenvalue weighted by Gasteiger charge is 2.21. The van der Waals surface area contributed by atoms with Gasteiger partial charge in [-0.15, -0.1) is 0 Å². The van der Waals surface area contributed by atoms with E-state index >= 15 is 0 Å². The lowest BCUT2D eigenvalue weighted by molar-refractivity contribution is -0.153. The van der Waals surface area contributed by atoms with Crippen molar-refractivity contribution in [2.75, 3.05) is 6.61 Å². The first-order valence-electron chi connectivity index (χ1n) is 7.93. The number of carbonyl (C=O) groups is 2. The summed E-state index contributed by atoms with van der Waals surface area (Å²) in [6.07, 6.45) is 7.57. The van der Waals surface area contributed by atoms with Gasteiger partial charge in [0.15, 0.2) is 0 Å². The average Bonchev–Trinajstić information content (AvgIpc) is 2.35. The molecule has 20 heavy (non-hydrogen) atoms. The van der Waals surface area contributed by atoms with Gasteiger partial charge in [-0.2, -0.15) is 0 Å². The van der Waals surface area contributed by atoms with E-state index in [9.17, 15) is 9.59 Å². The summed E-state index contributed by atoms with van der Waals surface area (Å²) in [7, 11) is 0. The van der Waals surface area contributed by atoms with E-state index in [1.807, 2.05) is 0 Å². The quantitative estimate of drug-likeness (QED) is 0.454. The van der Waals surface area contributed by atoms with Crippen LogP contribution in [0.1, 0.15) is 71.6 Å². The highest BCUT2D eigenvalue weighted by atomic mass is 16.5. The Bertz CT molecular complexity index is 295. The van der Waals surface area contributed by atoms with Crippen LogP contribution >= 0.6 is 0 Å². The van der Waals surface area contributed by atoms with Crippen LogP contribution in [0.25, 0.3) is 0 Å². The van der Waals surface area contributed by atoms with Crippen LogP contribution in [0, 0.1) is 5.92 Å². The van der Waals surface area contributed by atoms with Crippen molar-refractivity contribution < 1.29 is 19.1 Å². The van der Waals surface area contributed by atoms with Gasteiger partial charge in [0.1, 0.15) is 6.10 Å². The number of unbranched alkanes of at least 4 members (excludes halogenated alkanes) is 1. The summed E-state index contributed by atoms with van der Waals surface area (Å²) in [5, 5.41) is 0. The Balaban J connectivity index is 1.89. The second-order valence-electron chi connectivity index (χ2n) is 6.01. The Morgan fingerprint density at radius 1 is 1.05 bits per heavy atom. The molecule has 0 radical (unpaired) electrons. The number of hydrogen-bond donors (Lipinski definition) is 0. The van der Waals surface area contributed by atoms with E-state index in [0.29, 0.717) is 38.2 Å². The second-order valence-corrected chi connectivity index (χ2v) is 6.01. The molecular formula is C16H28O4. The number of hydrogen-bond acceptors (Lipinski definition) is 4. The number of carbonyl (C=O) groups excluding carboxylic acids is 2. The third-order valence-electron chi connectivity index (χ3n) is 3.55. The smallest absolute Gasteiger partial charge is 0.306 e. The van der Waals surface area contributed by atoms with Crippen molar-refractivity contribution in [1.82, 2.24) is 0 Å². The molecule has 0 aromatic rings. The Kier molecular flexibility index (Phi) is 8.31. The van der Waals surface area contributed by atoms with E-state index in [1.54, 1.807) is 0 Å². The van der Waals surface area contributed by atoms with E-state index in [1.165, 1.54) is 6.42 Å². The molecule has 0 heterocycles. The van der Waals surface area contributed by atoms with Crippen molar-refractivity contribution in [3.8, 4) is 0 Å². The molecule has 1 aliphatic carbocycles. The van der Waals surface area contributed by atoms with Crippen LogP contribution in [0.15, 0.2) is 0 Å². The number of esters is 2. The minimum atomic E-state index is -0.152. The van der Waals surface area contributed by atoms with Gasteiger partial charge in [0, 0.05) is 12.8 Å². The van der Waals surface area contributed by atoms with E-state index in [4.69, 9.17) is 9.47 Å². The van der Waals surface area contributed by atoms with Crippen LogP contribution in [0.5, 0.6) is 0 Å². The molecule has 0 atom stereocenters. The summed E-state index contributed by atoms with van der Waals surface area (Å²) in [4.78, 5) is 22.9. The fraction of sp³-hybridized carbons (Fsp3) is 0.875. The number of rotatable bonds is 10. The molecule has 0 amide bonds. The summed E-state index contributed by atoms with van der Waals surface area (Å²) < 4.78 is 10.4. The summed E-state index contributed by atoms with van der Waals surface area (Å²) in [5.74, 6) is 0.372. The first-order valence-corrected chi connectivity index (χ1v) is 7.93. The van der Waals surface area contributed by atoms with Crippen LogP contribution in [-0.4, -0.2) is 24.6 Å².